The fourth-order valence-electron chi connectivity index (χ4n) is 2.79. The molecule has 1 fully saturated rings. The first-order valence-corrected chi connectivity index (χ1v) is 7.86. The van der Waals surface area contributed by atoms with Crippen molar-refractivity contribution < 1.29 is 9.53 Å². The summed E-state index contributed by atoms with van der Waals surface area (Å²) in [5, 5.41) is 3.34. The van der Waals surface area contributed by atoms with E-state index in [1.807, 2.05) is 53.6 Å². The van der Waals surface area contributed by atoms with Gasteiger partial charge in [-0.1, -0.05) is 36.4 Å². The maximum absolute atomic E-state index is 12.5. The number of hydrogen-bond acceptors (Lipinski definition) is 4. The van der Waals surface area contributed by atoms with Gasteiger partial charge in [-0.25, -0.2) is 0 Å². The zero-order chi connectivity index (χ0) is 15.9. The van der Waals surface area contributed by atoms with Crippen molar-refractivity contribution in [2.75, 3.05) is 26.2 Å². The van der Waals surface area contributed by atoms with Crippen molar-refractivity contribution in [2.45, 2.75) is 12.6 Å². The van der Waals surface area contributed by atoms with E-state index in [4.69, 9.17) is 4.74 Å². The van der Waals surface area contributed by atoms with E-state index in [0.29, 0.717) is 13.2 Å². The molecule has 5 heteroatoms. The molecule has 23 heavy (non-hydrogen) atoms. The van der Waals surface area contributed by atoms with Crippen LogP contribution in [0.3, 0.4) is 0 Å². The number of hydrogen-bond donors (Lipinski definition) is 1. The number of nitrogens with zero attached hydrogens (tertiary/aromatic N) is 2. The summed E-state index contributed by atoms with van der Waals surface area (Å²) in [5.74, 6) is 0.0243. The Morgan fingerprint density at radius 2 is 2.13 bits per heavy atom. The van der Waals surface area contributed by atoms with Gasteiger partial charge in [-0.15, -0.1) is 0 Å². The number of piperazine rings is 1. The lowest BCUT2D eigenvalue weighted by Gasteiger charge is -2.36. The van der Waals surface area contributed by atoms with Crippen molar-refractivity contribution >= 4 is 5.91 Å². The lowest BCUT2D eigenvalue weighted by molar-refractivity contribution is -0.140. The summed E-state index contributed by atoms with van der Waals surface area (Å²) in [5.41, 5.74) is 2.13. The highest BCUT2D eigenvalue weighted by Gasteiger charge is 2.27. The summed E-state index contributed by atoms with van der Waals surface area (Å²) in [6, 6.07) is 13.8. The first-order valence-electron chi connectivity index (χ1n) is 7.86. The van der Waals surface area contributed by atoms with Crippen LogP contribution >= 0.6 is 0 Å². The molecule has 0 saturated carbocycles. The van der Waals surface area contributed by atoms with Crippen LogP contribution < -0.4 is 5.32 Å². The van der Waals surface area contributed by atoms with Crippen LogP contribution in [-0.2, 0) is 16.1 Å². The second-order valence-electron chi connectivity index (χ2n) is 5.57. The van der Waals surface area contributed by atoms with Gasteiger partial charge in [0.05, 0.1) is 12.6 Å². The van der Waals surface area contributed by atoms with Crippen molar-refractivity contribution in [3.8, 4) is 0 Å². The van der Waals surface area contributed by atoms with E-state index in [0.717, 1.165) is 24.2 Å². The van der Waals surface area contributed by atoms with Gasteiger partial charge in [0.15, 0.2) is 0 Å². The van der Waals surface area contributed by atoms with Crippen LogP contribution in [-0.4, -0.2) is 42.0 Å². The van der Waals surface area contributed by atoms with Gasteiger partial charge in [-0.2, -0.15) is 0 Å². The van der Waals surface area contributed by atoms with Gasteiger partial charge in [0.2, 0.25) is 5.91 Å². The highest BCUT2D eigenvalue weighted by atomic mass is 16.5. The van der Waals surface area contributed by atoms with Crippen molar-refractivity contribution in [1.29, 1.82) is 0 Å². The number of ether oxygens (including phenoxy) is 1. The molecule has 0 aliphatic carbocycles. The number of carbonyl (C=O) groups excluding carboxylic acids is 1. The molecule has 1 aliphatic rings. The molecular formula is C18H21N3O2. The maximum atomic E-state index is 12.5. The molecule has 0 radical (unpaired) electrons. The topological polar surface area (TPSA) is 54.5 Å². The predicted molar refractivity (Wildman–Crippen MR) is 87.7 cm³/mol. The van der Waals surface area contributed by atoms with Crippen LogP contribution in [0.15, 0.2) is 54.9 Å². The van der Waals surface area contributed by atoms with E-state index in [1.165, 1.54) is 0 Å². The van der Waals surface area contributed by atoms with Crippen LogP contribution in [0.2, 0.25) is 0 Å². The third-order valence-electron chi connectivity index (χ3n) is 3.97. The summed E-state index contributed by atoms with van der Waals surface area (Å²) in [7, 11) is 0. The number of amides is 1. The van der Waals surface area contributed by atoms with Crippen LogP contribution in [0.25, 0.3) is 0 Å². The van der Waals surface area contributed by atoms with Gasteiger partial charge < -0.3 is 15.0 Å². The van der Waals surface area contributed by atoms with Gasteiger partial charge in [-0.3, -0.25) is 9.78 Å². The van der Waals surface area contributed by atoms with E-state index in [2.05, 4.69) is 10.3 Å². The van der Waals surface area contributed by atoms with Gasteiger partial charge in [-0.05, 0) is 17.2 Å². The van der Waals surface area contributed by atoms with E-state index >= 15 is 0 Å². The van der Waals surface area contributed by atoms with Crippen LogP contribution in [0.1, 0.15) is 17.2 Å². The number of rotatable bonds is 5. The second kappa shape index (κ2) is 7.85. The summed E-state index contributed by atoms with van der Waals surface area (Å²) in [4.78, 5) is 18.6. The van der Waals surface area contributed by atoms with Crippen LogP contribution in [0.5, 0.6) is 0 Å². The molecule has 5 nitrogen and oxygen atoms in total. The van der Waals surface area contributed by atoms with Crippen molar-refractivity contribution in [3.63, 3.8) is 0 Å². The fourth-order valence-corrected chi connectivity index (χ4v) is 2.79. The van der Waals surface area contributed by atoms with Crippen LogP contribution in [0, 0.1) is 0 Å². The second-order valence-corrected chi connectivity index (χ2v) is 5.57. The summed E-state index contributed by atoms with van der Waals surface area (Å²) < 4.78 is 5.59. The Balaban J connectivity index is 1.58. The highest BCUT2D eigenvalue weighted by Crippen LogP contribution is 2.21. The minimum absolute atomic E-state index is 0.0188. The molecule has 1 aliphatic heterocycles. The SMILES string of the molecule is O=C(COCc1ccccc1)N1CCNCC1c1cccnc1. The third kappa shape index (κ3) is 4.15. The van der Waals surface area contributed by atoms with E-state index < -0.39 is 0 Å². The van der Waals surface area contributed by atoms with E-state index in [-0.39, 0.29) is 18.6 Å². The first kappa shape index (κ1) is 15.6. The van der Waals surface area contributed by atoms with Crippen LogP contribution in [0.4, 0.5) is 0 Å². The lowest BCUT2D eigenvalue weighted by Crippen LogP contribution is -2.49. The quantitative estimate of drug-likeness (QED) is 0.914. The normalized spacial score (nSPS) is 17.9. The summed E-state index contributed by atoms with van der Waals surface area (Å²) in [6.07, 6.45) is 3.57. The molecule has 2 aromatic rings. The molecule has 1 N–H and O–H groups in total. The summed E-state index contributed by atoms with van der Waals surface area (Å²) in [6.45, 7) is 2.80. The van der Waals surface area contributed by atoms with Gasteiger partial charge in [0, 0.05) is 32.0 Å². The number of pyridine rings is 1. The zero-order valence-corrected chi connectivity index (χ0v) is 13.0. The minimum Gasteiger partial charge on any atom is -0.367 e. The molecule has 2 heterocycles. The molecule has 1 aromatic heterocycles. The summed E-state index contributed by atoms with van der Waals surface area (Å²) >= 11 is 0. The number of nitrogens with one attached hydrogen (secondary N) is 1. The average molecular weight is 311 g/mol. The van der Waals surface area contributed by atoms with E-state index in [9.17, 15) is 4.79 Å². The molecule has 1 aromatic carbocycles. The Labute approximate surface area is 136 Å². The average Bonchev–Trinajstić information content (AvgIpc) is 2.63. The van der Waals surface area contributed by atoms with Gasteiger partial charge in [0.25, 0.3) is 0 Å². The minimum atomic E-state index is 0.0188. The molecule has 1 amide bonds. The molecule has 1 atom stereocenters. The molecule has 0 bridgehead atoms. The lowest BCUT2D eigenvalue weighted by atomic mass is 10.1. The molecule has 0 spiro atoms. The van der Waals surface area contributed by atoms with Crippen molar-refractivity contribution in [3.05, 3.63) is 66.0 Å². The standard InChI is InChI=1S/C18H21N3O2/c22-18(14-23-13-15-5-2-1-3-6-15)21-10-9-20-12-17(21)16-7-4-8-19-11-16/h1-8,11,17,20H,9-10,12-14H2. The van der Waals surface area contributed by atoms with Gasteiger partial charge >= 0.3 is 0 Å². The molecule has 1 unspecified atom stereocenters. The Bertz CT molecular complexity index is 619. The van der Waals surface area contributed by atoms with E-state index in [1.54, 1.807) is 6.20 Å². The largest absolute Gasteiger partial charge is 0.367 e. The zero-order valence-electron chi connectivity index (χ0n) is 13.0. The Hall–Kier alpha value is -2.24. The number of aromatic nitrogens is 1. The van der Waals surface area contributed by atoms with Crippen molar-refractivity contribution in [2.24, 2.45) is 0 Å². The smallest absolute Gasteiger partial charge is 0.249 e. The highest BCUT2D eigenvalue weighted by molar-refractivity contribution is 5.78. The maximum Gasteiger partial charge on any atom is 0.249 e. The molecule has 120 valence electrons. The van der Waals surface area contributed by atoms with Gasteiger partial charge in [0.1, 0.15) is 6.61 Å². The molecule has 3 rings (SSSR count). The van der Waals surface area contributed by atoms with Crippen molar-refractivity contribution in [1.82, 2.24) is 15.2 Å². The third-order valence-corrected chi connectivity index (χ3v) is 3.97. The monoisotopic (exact) mass is 311 g/mol. The number of carbonyl (C=O) groups is 1. The molecule has 1 saturated heterocycles. The molecular weight excluding hydrogens is 290 g/mol. The first-order chi connectivity index (χ1) is 11.3. The fraction of sp³-hybridized carbons (Fsp3) is 0.333. The Morgan fingerprint density at radius 1 is 1.26 bits per heavy atom. The Morgan fingerprint density at radius 3 is 2.91 bits per heavy atom. The number of benzene rings is 1. The predicted octanol–water partition coefficient (Wildman–Crippen LogP) is 1.77. The Kier molecular flexibility index (Phi) is 5.34.